The quantitative estimate of drug-likeness (QED) is 0.715. The number of aromatic amines is 1. The molecule has 6 heteroatoms. The highest BCUT2D eigenvalue weighted by molar-refractivity contribution is 7.91. The standard InChI is InChI=1S/C9H15N3O2S/c1-6-7(2)12-9(11-6)8-5-15(13,14)4-3-10-8/h8,10H,3-5H2,1-2H3,(H,11,12). The maximum absolute atomic E-state index is 11.4. The van der Waals surface area contributed by atoms with E-state index in [4.69, 9.17) is 0 Å². The molecule has 1 aliphatic heterocycles. The number of nitrogens with one attached hydrogen (secondary N) is 2. The van der Waals surface area contributed by atoms with Gasteiger partial charge in [-0.05, 0) is 13.8 Å². The number of imidazole rings is 1. The predicted octanol–water partition coefficient (Wildman–Crippen LogP) is 0.0856. The zero-order valence-corrected chi connectivity index (χ0v) is 9.69. The van der Waals surface area contributed by atoms with Crippen LogP contribution in [0.3, 0.4) is 0 Å². The second-order valence-electron chi connectivity index (χ2n) is 3.95. The van der Waals surface area contributed by atoms with Crippen molar-refractivity contribution in [2.24, 2.45) is 0 Å². The normalized spacial score (nSPS) is 25.3. The molecule has 15 heavy (non-hydrogen) atoms. The zero-order chi connectivity index (χ0) is 11.1. The van der Waals surface area contributed by atoms with Crippen LogP contribution in [-0.2, 0) is 9.84 Å². The Hall–Kier alpha value is -0.880. The van der Waals surface area contributed by atoms with Gasteiger partial charge in [0.15, 0.2) is 9.84 Å². The highest BCUT2D eigenvalue weighted by Crippen LogP contribution is 2.17. The average Bonchev–Trinajstić information content (AvgIpc) is 2.45. The third-order valence-corrected chi connectivity index (χ3v) is 4.37. The number of hydrogen-bond acceptors (Lipinski definition) is 4. The Morgan fingerprint density at radius 2 is 2.13 bits per heavy atom. The van der Waals surface area contributed by atoms with Crippen LogP contribution in [0.4, 0.5) is 0 Å². The predicted molar refractivity (Wildman–Crippen MR) is 57.5 cm³/mol. The van der Waals surface area contributed by atoms with Crippen LogP contribution in [0.5, 0.6) is 0 Å². The summed E-state index contributed by atoms with van der Waals surface area (Å²) in [5.74, 6) is 1.09. The molecule has 1 aromatic heterocycles. The minimum absolute atomic E-state index is 0.138. The third-order valence-electron chi connectivity index (χ3n) is 2.70. The fourth-order valence-electron chi connectivity index (χ4n) is 1.70. The second-order valence-corrected chi connectivity index (χ2v) is 6.18. The molecule has 2 heterocycles. The van der Waals surface area contributed by atoms with Gasteiger partial charge in [0.25, 0.3) is 0 Å². The molecule has 1 fully saturated rings. The van der Waals surface area contributed by atoms with Crippen molar-refractivity contribution in [1.29, 1.82) is 0 Å². The number of rotatable bonds is 1. The molecular weight excluding hydrogens is 214 g/mol. The van der Waals surface area contributed by atoms with E-state index in [2.05, 4.69) is 15.3 Å². The van der Waals surface area contributed by atoms with Crippen LogP contribution in [0.15, 0.2) is 0 Å². The summed E-state index contributed by atoms with van der Waals surface area (Å²) in [6, 6.07) is -0.184. The van der Waals surface area contributed by atoms with Gasteiger partial charge in [0.1, 0.15) is 5.82 Å². The molecule has 5 nitrogen and oxygen atoms in total. The summed E-state index contributed by atoms with van der Waals surface area (Å²) in [6.45, 7) is 4.35. The number of aryl methyl sites for hydroxylation is 2. The molecule has 2 rings (SSSR count). The van der Waals surface area contributed by atoms with E-state index >= 15 is 0 Å². The van der Waals surface area contributed by atoms with E-state index in [0.717, 1.165) is 17.2 Å². The van der Waals surface area contributed by atoms with Crippen LogP contribution in [0, 0.1) is 13.8 Å². The van der Waals surface area contributed by atoms with Crippen molar-refractivity contribution < 1.29 is 8.42 Å². The Labute approximate surface area is 89.2 Å². The molecule has 1 atom stereocenters. The zero-order valence-electron chi connectivity index (χ0n) is 8.87. The first kappa shape index (κ1) is 10.6. The van der Waals surface area contributed by atoms with Crippen LogP contribution >= 0.6 is 0 Å². The molecule has 0 spiro atoms. The first-order valence-electron chi connectivity index (χ1n) is 4.95. The van der Waals surface area contributed by atoms with E-state index in [-0.39, 0.29) is 17.5 Å². The van der Waals surface area contributed by atoms with Gasteiger partial charge in [0.2, 0.25) is 0 Å². The number of nitrogens with zero attached hydrogens (tertiary/aromatic N) is 1. The van der Waals surface area contributed by atoms with Crippen molar-refractivity contribution >= 4 is 9.84 Å². The highest BCUT2D eigenvalue weighted by Gasteiger charge is 2.27. The third kappa shape index (κ3) is 2.21. The highest BCUT2D eigenvalue weighted by atomic mass is 32.2. The topological polar surface area (TPSA) is 74.8 Å². The van der Waals surface area contributed by atoms with E-state index in [1.807, 2.05) is 13.8 Å². The Bertz CT molecular complexity index is 444. The van der Waals surface area contributed by atoms with Crippen LogP contribution in [0.1, 0.15) is 23.3 Å². The molecule has 0 aliphatic carbocycles. The summed E-state index contributed by atoms with van der Waals surface area (Å²) < 4.78 is 22.9. The molecule has 1 aromatic rings. The summed E-state index contributed by atoms with van der Waals surface area (Å²) in [5, 5.41) is 3.16. The van der Waals surface area contributed by atoms with Crippen LogP contribution in [0.25, 0.3) is 0 Å². The summed E-state index contributed by atoms with van der Waals surface area (Å²) >= 11 is 0. The van der Waals surface area contributed by atoms with E-state index < -0.39 is 9.84 Å². The Morgan fingerprint density at radius 3 is 2.67 bits per heavy atom. The number of sulfone groups is 1. The summed E-state index contributed by atoms with van der Waals surface area (Å²) in [7, 11) is -2.91. The van der Waals surface area contributed by atoms with Gasteiger partial charge in [-0.2, -0.15) is 0 Å². The molecule has 0 saturated carbocycles. The van der Waals surface area contributed by atoms with Gasteiger partial charge in [-0.1, -0.05) is 0 Å². The Kier molecular flexibility index (Phi) is 2.56. The van der Waals surface area contributed by atoms with Crippen molar-refractivity contribution in [2.45, 2.75) is 19.9 Å². The Balaban J connectivity index is 2.24. The van der Waals surface area contributed by atoms with E-state index in [1.54, 1.807) is 0 Å². The van der Waals surface area contributed by atoms with Gasteiger partial charge >= 0.3 is 0 Å². The molecule has 0 bridgehead atoms. The number of H-pyrrole nitrogens is 1. The number of hydrogen-bond donors (Lipinski definition) is 2. The first-order valence-corrected chi connectivity index (χ1v) is 6.77. The van der Waals surface area contributed by atoms with Gasteiger partial charge in [-0.3, -0.25) is 0 Å². The largest absolute Gasteiger partial charge is 0.345 e. The lowest BCUT2D eigenvalue weighted by Crippen LogP contribution is -2.39. The molecule has 0 radical (unpaired) electrons. The van der Waals surface area contributed by atoms with Crippen molar-refractivity contribution in [2.75, 3.05) is 18.1 Å². The van der Waals surface area contributed by atoms with Crippen molar-refractivity contribution in [3.05, 3.63) is 17.2 Å². The summed E-state index contributed by atoms with van der Waals surface area (Å²) in [6.07, 6.45) is 0. The molecule has 84 valence electrons. The van der Waals surface area contributed by atoms with Gasteiger partial charge in [-0.25, -0.2) is 13.4 Å². The van der Waals surface area contributed by atoms with Crippen molar-refractivity contribution in [3.63, 3.8) is 0 Å². The summed E-state index contributed by atoms with van der Waals surface area (Å²) in [5.41, 5.74) is 1.92. The maximum atomic E-state index is 11.4. The van der Waals surface area contributed by atoms with Gasteiger partial charge in [-0.15, -0.1) is 0 Å². The minimum atomic E-state index is -2.91. The molecule has 0 amide bonds. The average molecular weight is 229 g/mol. The monoisotopic (exact) mass is 229 g/mol. The minimum Gasteiger partial charge on any atom is -0.345 e. The maximum Gasteiger partial charge on any atom is 0.153 e. The molecule has 0 aromatic carbocycles. The lowest BCUT2D eigenvalue weighted by molar-refractivity contribution is 0.517. The molecule has 1 saturated heterocycles. The van der Waals surface area contributed by atoms with Crippen molar-refractivity contribution in [3.8, 4) is 0 Å². The fraction of sp³-hybridized carbons (Fsp3) is 0.667. The molecular formula is C9H15N3O2S. The lowest BCUT2D eigenvalue weighted by Gasteiger charge is -2.21. The van der Waals surface area contributed by atoms with Gasteiger partial charge < -0.3 is 10.3 Å². The van der Waals surface area contributed by atoms with E-state index in [0.29, 0.717) is 6.54 Å². The van der Waals surface area contributed by atoms with Crippen molar-refractivity contribution in [1.82, 2.24) is 15.3 Å². The Morgan fingerprint density at radius 1 is 1.40 bits per heavy atom. The smallest absolute Gasteiger partial charge is 0.153 e. The van der Waals surface area contributed by atoms with Crippen LogP contribution in [0.2, 0.25) is 0 Å². The molecule has 1 aliphatic rings. The van der Waals surface area contributed by atoms with E-state index in [1.165, 1.54) is 0 Å². The fourth-order valence-corrected chi connectivity index (χ4v) is 3.08. The second kappa shape index (κ2) is 3.61. The number of aromatic nitrogens is 2. The lowest BCUT2D eigenvalue weighted by atomic mass is 10.3. The summed E-state index contributed by atoms with van der Waals surface area (Å²) in [4.78, 5) is 7.43. The first-order chi connectivity index (χ1) is 6.98. The molecule has 2 N–H and O–H groups in total. The van der Waals surface area contributed by atoms with Crippen LogP contribution < -0.4 is 5.32 Å². The SMILES string of the molecule is Cc1nc(C2CS(=O)(=O)CCN2)[nH]c1C. The van der Waals surface area contributed by atoms with Crippen LogP contribution in [-0.4, -0.2) is 36.4 Å². The van der Waals surface area contributed by atoms with Gasteiger partial charge in [0, 0.05) is 12.2 Å². The van der Waals surface area contributed by atoms with Gasteiger partial charge in [0.05, 0.1) is 23.2 Å². The molecule has 1 unspecified atom stereocenters. The van der Waals surface area contributed by atoms with E-state index in [9.17, 15) is 8.42 Å².